The number of hydrogen-bond acceptors (Lipinski definition) is 4. The number of para-hydroxylation sites is 1. The number of pyridine rings is 1. The van der Waals surface area contributed by atoms with E-state index in [-0.39, 0.29) is 24.0 Å². The van der Waals surface area contributed by atoms with Gasteiger partial charge in [-0.05, 0) is 49.1 Å². The van der Waals surface area contributed by atoms with Crippen molar-refractivity contribution < 1.29 is 4.79 Å². The lowest BCUT2D eigenvalue weighted by Crippen LogP contribution is -2.47. The summed E-state index contributed by atoms with van der Waals surface area (Å²) < 4.78 is 0. The summed E-state index contributed by atoms with van der Waals surface area (Å²) in [5.41, 5.74) is 9.87. The van der Waals surface area contributed by atoms with E-state index >= 15 is 0 Å². The molecule has 118 valence electrons. The fraction of sp³-hybridized carbons (Fsp3) is 0.333. The van der Waals surface area contributed by atoms with Crippen LogP contribution < -0.4 is 15.8 Å². The Kier molecular flexibility index (Phi) is 3.59. The van der Waals surface area contributed by atoms with Crippen LogP contribution in [-0.2, 0) is 11.2 Å². The summed E-state index contributed by atoms with van der Waals surface area (Å²) in [4.78, 5) is 19.0. The number of aromatic nitrogens is 1. The number of nitrogens with one attached hydrogen (secondary N) is 2. The van der Waals surface area contributed by atoms with Gasteiger partial charge in [-0.2, -0.15) is 0 Å². The second kappa shape index (κ2) is 5.76. The number of carbonyl (C=O) groups is 1. The Morgan fingerprint density at radius 3 is 2.78 bits per heavy atom. The van der Waals surface area contributed by atoms with Crippen molar-refractivity contribution in [1.82, 2.24) is 15.8 Å². The van der Waals surface area contributed by atoms with Gasteiger partial charge in [-0.25, -0.2) is 10.9 Å². The molecule has 5 heteroatoms. The molecule has 2 aliphatic heterocycles. The van der Waals surface area contributed by atoms with E-state index in [4.69, 9.17) is 0 Å². The first kappa shape index (κ1) is 14.4. The molecule has 0 radical (unpaired) electrons. The molecule has 2 N–H and O–H groups in total. The SMILES string of the molecule is CC1Cc2ccccc2N1C(=O)C1CC(c2ccncc2)NN1. The summed E-state index contributed by atoms with van der Waals surface area (Å²) >= 11 is 0. The van der Waals surface area contributed by atoms with Crippen molar-refractivity contribution in [2.24, 2.45) is 0 Å². The zero-order valence-corrected chi connectivity index (χ0v) is 13.1. The maximum absolute atomic E-state index is 13.0. The van der Waals surface area contributed by atoms with Crippen molar-refractivity contribution >= 4 is 11.6 Å². The molecular formula is C18H20N4O. The minimum absolute atomic E-state index is 0.139. The highest BCUT2D eigenvalue weighted by Crippen LogP contribution is 2.33. The molecule has 2 aromatic rings. The molecule has 1 aromatic heterocycles. The fourth-order valence-corrected chi connectivity index (χ4v) is 3.60. The molecule has 1 fully saturated rings. The molecule has 0 spiro atoms. The van der Waals surface area contributed by atoms with Crippen LogP contribution >= 0.6 is 0 Å². The Hall–Kier alpha value is -2.24. The molecule has 4 rings (SSSR count). The van der Waals surface area contributed by atoms with Crippen LogP contribution in [0.25, 0.3) is 0 Å². The van der Waals surface area contributed by atoms with Crippen LogP contribution in [0.5, 0.6) is 0 Å². The summed E-state index contributed by atoms with van der Waals surface area (Å²) in [5, 5.41) is 0. The topological polar surface area (TPSA) is 57.3 Å². The highest BCUT2D eigenvalue weighted by molar-refractivity contribution is 5.99. The van der Waals surface area contributed by atoms with E-state index in [1.54, 1.807) is 12.4 Å². The average Bonchev–Trinajstić information content (AvgIpc) is 3.19. The van der Waals surface area contributed by atoms with Crippen molar-refractivity contribution in [2.45, 2.75) is 37.9 Å². The predicted octanol–water partition coefficient (Wildman–Crippen LogP) is 1.97. The van der Waals surface area contributed by atoms with Crippen LogP contribution in [-0.4, -0.2) is 23.0 Å². The number of rotatable bonds is 2. The number of amides is 1. The first-order valence-corrected chi connectivity index (χ1v) is 8.06. The third-order valence-electron chi connectivity index (χ3n) is 4.75. The Morgan fingerprint density at radius 1 is 1.17 bits per heavy atom. The van der Waals surface area contributed by atoms with Crippen molar-refractivity contribution in [1.29, 1.82) is 0 Å². The van der Waals surface area contributed by atoms with Crippen LogP contribution in [0.1, 0.15) is 30.5 Å². The van der Waals surface area contributed by atoms with Crippen LogP contribution in [0.3, 0.4) is 0 Å². The number of nitrogens with zero attached hydrogens (tertiary/aromatic N) is 2. The van der Waals surface area contributed by atoms with Crippen LogP contribution in [0.4, 0.5) is 5.69 Å². The highest BCUT2D eigenvalue weighted by Gasteiger charge is 2.38. The van der Waals surface area contributed by atoms with E-state index in [1.165, 1.54) is 5.56 Å². The van der Waals surface area contributed by atoms with Gasteiger partial charge in [0.25, 0.3) is 0 Å². The zero-order chi connectivity index (χ0) is 15.8. The lowest BCUT2D eigenvalue weighted by Gasteiger charge is -2.25. The first-order chi connectivity index (χ1) is 11.2. The lowest BCUT2D eigenvalue weighted by atomic mass is 10.0. The third-order valence-corrected chi connectivity index (χ3v) is 4.75. The Morgan fingerprint density at radius 2 is 1.96 bits per heavy atom. The van der Waals surface area contributed by atoms with E-state index in [0.717, 1.165) is 24.1 Å². The van der Waals surface area contributed by atoms with Gasteiger partial charge in [0.05, 0.1) is 0 Å². The normalized spacial score (nSPS) is 26.3. The smallest absolute Gasteiger partial charge is 0.245 e. The molecule has 0 saturated carbocycles. The molecule has 1 amide bonds. The maximum atomic E-state index is 13.0. The second-order valence-electron chi connectivity index (χ2n) is 6.30. The van der Waals surface area contributed by atoms with Gasteiger partial charge in [0.1, 0.15) is 6.04 Å². The van der Waals surface area contributed by atoms with Gasteiger partial charge in [-0.15, -0.1) is 0 Å². The van der Waals surface area contributed by atoms with Crippen LogP contribution in [0.15, 0.2) is 48.8 Å². The fourth-order valence-electron chi connectivity index (χ4n) is 3.60. The number of fused-ring (bicyclic) bond motifs is 1. The quantitative estimate of drug-likeness (QED) is 0.890. The number of hydrogen-bond donors (Lipinski definition) is 2. The number of anilines is 1. The molecular weight excluding hydrogens is 288 g/mol. The van der Waals surface area contributed by atoms with Crippen LogP contribution in [0, 0.1) is 0 Å². The summed E-state index contributed by atoms with van der Waals surface area (Å²) in [5.74, 6) is 0.145. The van der Waals surface area contributed by atoms with Crippen molar-refractivity contribution in [2.75, 3.05) is 4.90 Å². The van der Waals surface area contributed by atoms with Gasteiger partial charge in [0.15, 0.2) is 0 Å². The second-order valence-corrected chi connectivity index (χ2v) is 6.30. The van der Waals surface area contributed by atoms with Gasteiger partial charge in [0.2, 0.25) is 5.91 Å². The Bertz CT molecular complexity index is 718. The van der Waals surface area contributed by atoms with Crippen LogP contribution in [0.2, 0.25) is 0 Å². The monoisotopic (exact) mass is 308 g/mol. The van der Waals surface area contributed by atoms with Gasteiger partial charge >= 0.3 is 0 Å². The molecule has 3 atom stereocenters. The minimum atomic E-state index is -0.207. The third kappa shape index (κ3) is 2.52. The molecule has 3 unspecified atom stereocenters. The standard InChI is InChI=1S/C18H20N4O/c1-12-10-14-4-2-3-5-17(14)22(12)18(23)16-11-15(20-21-16)13-6-8-19-9-7-13/h2-9,12,15-16,20-21H,10-11H2,1H3. The zero-order valence-electron chi connectivity index (χ0n) is 13.1. The first-order valence-electron chi connectivity index (χ1n) is 8.06. The van der Waals surface area contributed by atoms with Crippen molar-refractivity contribution in [3.8, 4) is 0 Å². The lowest BCUT2D eigenvalue weighted by molar-refractivity contribution is -0.120. The molecule has 1 saturated heterocycles. The average molecular weight is 308 g/mol. The molecule has 5 nitrogen and oxygen atoms in total. The minimum Gasteiger partial charge on any atom is -0.308 e. The summed E-state index contributed by atoms with van der Waals surface area (Å²) in [6.07, 6.45) is 5.24. The van der Waals surface area contributed by atoms with Gasteiger partial charge in [-0.1, -0.05) is 18.2 Å². The summed E-state index contributed by atoms with van der Waals surface area (Å²) in [6, 6.07) is 12.3. The van der Waals surface area contributed by atoms with Gasteiger partial charge in [0, 0.05) is 30.2 Å². The van der Waals surface area contributed by atoms with E-state index in [0.29, 0.717) is 0 Å². The number of hydrazine groups is 1. The molecule has 0 aliphatic carbocycles. The van der Waals surface area contributed by atoms with E-state index in [2.05, 4.69) is 28.8 Å². The highest BCUT2D eigenvalue weighted by atomic mass is 16.2. The summed E-state index contributed by atoms with van der Waals surface area (Å²) in [7, 11) is 0. The maximum Gasteiger partial charge on any atom is 0.245 e. The molecule has 0 bridgehead atoms. The molecule has 23 heavy (non-hydrogen) atoms. The van der Waals surface area contributed by atoms with Crippen molar-refractivity contribution in [3.05, 3.63) is 59.9 Å². The Balaban J connectivity index is 1.52. The van der Waals surface area contributed by atoms with E-state index < -0.39 is 0 Å². The molecule has 3 heterocycles. The largest absolute Gasteiger partial charge is 0.308 e. The Labute approximate surface area is 135 Å². The van der Waals surface area contributed by atoms with Crippen molar-refractivity contribution in [3.63, 3.8) is 0 Å². The summed E-state index contributed by atoms with van der Waals surface area (Å²) in [6.45, 7) is 2.11. The van der Waals surface area contributed by atoms with E-state index in [9.17, 15) is 4.79 Å². The predicted molar refractivity (Wildman–Crippen MR) is 88.7 cm³/mol. The van der Waals surface area contributed by atoms with E-state index in [1.807, 2.05) is 35.2 Å². The molecule has 1 aromatic carbocycles. The van der Waals surface area contributed by atoms with Gasteiger partial charge < -0.3 is 4.90 Å². The number of benzene rings is 1. The molecule has 2 aliphatic rings. The van der Waals surface area contributed by atoms with Gasteiger partial charge in [-0.3, -0.25) is 9.78 Å². The number of carbonyl (C=O) groups excluding carboxylic acids is 1.